The molecule has 0 aliphatic carbocycles. The number of primary amides is 1. The van der Waals surface area contributed by atoms with Crippen molar-refractivity contribution in [1.82, 2.24) is 5.32 Å². The minimum Gasteiger partial charge on any atom is -0.377 e. The number of carbonyl (C=O) groups is 1. The maximum Gasteiger partial charge on any atom is 0.500 e. The Morgan fingerprint density at radius 1 is 1.20 bits per heavy atom. The zero-order valence-electron chi connectivity index (χ0n) is 9.54. The highest BCUT2D eigenvalue weighted by Gasteiger charge is 2.36. The van der Waals surface area contributed by atoms with E-state index < -0.39 is 14.8 Å². The molecule has 0 bridgehead atoms. The van der Waals surface area contributed by atoms with Crippen LogP contribution in [0.4, 0.5) is 4.79 Å². The zero-order valence-corrected chi connectivity index (χ0v) is 10.5. The third kappa shape index (κ3) is 5.73. The van der Waals surface area contributed by atoms with Crippen molar-refractivity contribution >= 4 is 14.8 Å². The summed E-state index contributed by atoms with van der Waals surface area (Å²) >= 11 is 0. The first-order valence-corrected chi connectivity index (χ1v) is 6.72. The molecule has 6 nitrogen and oxygen atoms in total. The van der Waals surface area contributed by atoms with Crippen molar-refractivity contribution in [2.45, 2.75) is 18.9 Å². The van der Waals surface area contributed by atoms with E-state index in [1.807, 2.05) is 0 Å². The van der Waals surface area contributed by atoms with Crippen molar-refractivity contribution < 1.29 is 18.1 Å². The standard InChI is InChI=1S/C8H20N2O4Si/c1-12-15(13-2,14-3)7-5-4-6-10-8(9)11/h4-7H2,1-3H3,(H3,9,10,11). The Balaban J connectivity index is 3.67. The van der Waals surface area contributed by atoms with Crippen LogP contribution in [0, 0.1) is 0 Å². The van der Waals surface area contributed by atoms with Crippen LogP contribution in [0.25, 0.3) is 0 Å². The number of urea groups is 1. The number of hydrogen-bond donors (Lipinski definition) is 2. The fraction of sp³-hybridized carbons (Fsp3) is 0.875. The van der Waals surface area contributed by atoms with Crippen LogP contribution in [-0.2, 0) is 13.3 Å². The van der Waals surface area contributed by atoms with Crippen LogP contribution in [0.3, 0.4) is 0 Å². The third-order valence-electron chi connectivity index (χ3n) is 2.14. The number of amides is 2. The van der Waals surface area contributed by atoms with E-state index in [4.69, 9.17) is 19.0 Å². The molecule has 0 aromatic heterocycles. The van der Waals surface area contributed by atoms with Gasteiger partial charge in [0.15, 0.2) is 0 Å². The van der Waals surface area contributed by atoms with E-state index in [9.17, 15) is 4.79 Å². The molecule has 0 saturated carbocycles. The Labute approximate surface area is 91.4 Å². The summed E-state index contributed by atoms with van der Waals surface area (Å²) in [6.45, 7) is 0.566. The van der Waals surface area contributed by atoms with E-state index in [2.05, 4.69) is 5.32 Å². The Hall–Kier alpha value is -0.633. The van der Waals surface area contributed by atoms with E-state index in [1.165, 1.54) is 0 Å². The second-order valence-corrected chi connectivity index (χ2v) is 6.13. The number of nitrogens with two attached hydrogens (primary N) is 1. The van der Waals surface area contributed by atoms with E-state index in [-0.39, 0.29) is 0 Å². The maximum atomic E-state index is 10.4. The molecule has 0 unspecified atom stereocenters. The second kappa shape index (κ2) is 7.63. The average molecular weight is 236 g/mol. The van der Waals surface area contributed by atoms with Crippen molar-refractivity contribution in [3.63, 3.8) is 0 Å². The number of carbonyl (C=O) groups excluding carboxylic acids is 1. The van der Waals surface area contributed by atoms with Crippen LogP contribution >= 0.6 is 0 Å². The Morgan fingerprint density at radius 3 is 2.13 bits per heavy atom. The van der Waals surface area contributed by atoms with Crippen LogP contribution in [-0.4, -0.2) is 42.7 Å². The van der Waals surface area contributed by atoms with E-state index in [0.717, 1.165) is 18.9 Å². The van der Waals surface area contributed by atoms with Crippen LogP contribution in [0.2, 0.25) is 6.04 Å². The van der Waals surface area contributed by atoms with Crippen LogP contribution < -0.4 is 11.1 Å². The van der Waals surface area contributed by atoms with Crippen molar-refractivity contribution in [2.75, 3.05) is 27.9 Å². The molecular formula is C8H20N2O4Si. The molecule has 0 radical (unpaired) electrons. The fourth-order valence-corrected chi connectivity index (χ4v) is 3.03. The molecular weight excluding hydrogens is 216 g/mol. The molecule has 0 aromatic rings. The van der Waals surface area contributed by atoms with Gasteiger partial charge >= 0.3 is 14.8 Å². The predicted molar refractivity (Wildman–Crippen MR) is 58.4 cm³/mol. The van der Waals surface area contributed by atoms with Gasteiger partial charge < -0.3 is 24.3 Å². The van der Waals surface area contributed by atoms with Crippen molar-refractivity contribution in [2.24, 2.45) is 5.73 Å². The van der Waals surface area contributed by atoms with Gasteiger partial charge in [-0.25, -0.2) is 4.79 Å². The summed E-state index contributed by atoms with van der Waals surface area (Å²) in [5.41, 5.74) is 4.92. The maximum absolute atomic E-state index is 10.4. The summed E-state index contributed by atoms with van der Waals surface area (Å²) in [6, 6.07) is 0.237. The number of nitrogens with one attached hydrogen (secondary N) is 1. The first kappa shape index (κ1) is 14.4. The van der Waals surface area contributed by atoms with Gasteiger partial charge in [-0.2, -0.15) is 0 Å². The molecule has 0 spiro atoms. The van der Waals surface area contributed by atoms with Gasteiger partial charge in [-0.1, -0.05) is 0 Å². The zero-order chi connectivity index (χ0) is 11.7. The Kier molecular flexibility index (Phi) is 7.31. The molecule has 0 aliphatic heterocycles. The molecule has 0 aromatic carbocycles. The molecule has 0 saturated heterocycles. The third-order valence-corrected chi connectivity index (χ3v) is 4.97. The van der Waals surface area contributed by atoms with Gasteiger partial charge in [0.25, 0.3) is 0 Å². The van der Waals surface area contributed by atoms with Gasteiger partial charge in [-0.15, -0.1) is 0 Å². The lowest BCUT2D eigenvalue weighted by molar-refractivity contribution is 0.123. The van der Waals surface area contributed by atoms with E-state index in [1.54, 1.807) is 21.3 Å². The fourth-order valence-electron chi connectivity index (χ4n) is 1.23. The van der Waals surface area contributed by atoms with E-state index >= 15 is 0 Å². The lowest BCUT2D eigenvalue weighted by Gasteiger charge is -2.24. The molecule has 0 aliphatic rings. The summed E-state index contributed by atoms with van der Waals surface area (Å²) in [4.78, 5) is 10.4. The molecule has 15 heavy (non-hydrogen) atoms. The molecule has 2 amide bonds. The van der Waals surface area contributed by atoms with Crippen LogP contribution in [0.15, 0.2) is 0 Å². The number of hydrogen-bond acceptors (Lipinski definition) is 4. The van der Waals surface area contributed by atoms with Crippen molar-refractivity contribution in [3.05, 3.63) is 0 Å². The highest BCUT2D eigenvalue weighted by atomic mass is 28.4. The summed E-state index contributed by atoms with van der Waals surface area (Å²) in [5.74, 6) is 0. The van der Waals surface area contributed by atoms with Gasteiger partial charge in [-0.05, 0) is 12.8 Å². The highest BCUT2D eigenvalue weighted by molar-refractivity contribution is 6.60. The molecule has 3 N–H and O–H groups in total. The summed E-state index contributed by atoms with van der Waals surface area (Å²) in [5, 5.41) is 2.52. The van der Waals surface area contributed by atoms with E-state index in [0.29, 0.717) is 6.54 Å². The SMILES string of the molecule is CO[Si](CCCCNC(N)=O)(OC)OC. The average Bonchev–Trinajstić information content (AvgIpc) is 2.24. The Bertz CT molecular complexity index is 179. The van der Waals surface area contributed by atoms with Crippen molar-refractivity contribution in [3.8, 4) is 0 Å². The quantitative estimate of drug-likeness (QED) is 0.469. The van der Waals surface area contributed by atoms with Gasteiger partial charge in [0.05, 0.1) is 0 Å². The minimum atomic E-state index is -2.44. The first-order chi connectivity index (χ1) is 7.10. The lowest BCUT2D eigenvalue weighted by Crippen LogP contribution is -2.42. The molecule has 0 fully saturated rings. The summed E-state index contributed by atoms with van der Waals surface area (Å²) in [6.07, 6.45) is 1.69. The first-order valence-electron chi connectivity index (χ1n) is 4.79. The van der Waals surface area contributed by atoms with Gasteiger partial charge in [0, 0.05) is 33.9 Å². The summed E-state index contributed by atoms with van der Waals surface area (Å²) < 4.78 is 15.7. The highest BCUT2D eigenvalue weighted by Crippen LogP contribution is 2.15. The van der Waals surface area contributed by atoms with Gasteiger partial charge in [0.2, 0.25) is 0 Å². The molecule has 0 heterocycles. The smallest absolute Gasteiger partial charge is 0.377 e. The number of unbranched alkanes of at least 4 members (excludes halogenated alkanes) is 1. The normalized spacial score (nSPS) is 11.4. The number of rotatable bonds is 8. The van der Waals surface area contributed by atoms with Gasteiger partial charge in [0.1, 0.15) is 0 Å². The second-order valence-electron chi connectivity index (χ2n) is 3.04. The minimum absolute atomic E-state index is 0.497. The monoisotopic (exact) mass is 236 g/mol. The topological polar surface area (TPSA) is 82.8 Å². The molecule has 0 atom stereocenters. The molecule has 90 valence electrons. The largest absolute Gasteiger partial charge is 0.500 e. The van der Waals surface area contributed by atoms with Crippen LogP contribution in [0.5, 0.6) is 0 Å². The lowest BCUT2D eigenvalue weighted by atomic mass is 10.3. The molecule has 7 heteroatoms. The van der Waals surface area contributed by atoms with Crippen molar-refractivity contribution in [1.29, 1.82) is 0 Å². The van der Waals surface area contributed by atoms with Gasteiger partial charge in [-0.3, -0.25) is 0 Å². The van der Waals surface area contributed by atoms with Crippen LogP contribution in [0.1, 0.15) is 12.8 Å². The summed E-state index contributed by atoms with van der Waals surface area (Å²) in [7, 11) is 2.31. The molecule has 0 rings (SSSR count). The Morgan fingerprint density at radius 2 is 1.73 bits per heavy atom. The predicted octanol–water partition coefficient (Wildman–Crippen LogP) is 0.313.